The average molecular weight is 316 g/mol. The van der Waals surface area contributed by atoms with Crippen LogP contribution in [0.5, 0.6) is 17.5 Å². The second kappa shape index (κ2) is 6.12. The van der Waals surface area contributed by atoms with Gasteiger partial charge in [-0.15, -0.1) is 0 Å². The molecule has 1 aromatic carbocycles. The molecule has 1 aromatic heterocycles. The van der Waals surface area contributed by atoms with Crippen LogP contribution in [0.15, 0.2) is 18.2 Å². The van der Waals surface area contributed by atoms with Gasteiger partial charge in [-0.3, -0.25) is 0 Å². The minimum absolute atomic E-state index is 0.0894. The highest BCUT2D eigenvalue weighted by molar-refractivity contribution is 5.96. The molecule has 0 saturated carbocycles. The summed E-state index contributed by atoms with van der Waals surface area (Å²) in [6.07, 6.45) is 1.29. The van der Waals surface area contributed by atoms with Crippen molar-refractivity contribution in [3.05, 3.63) is 29.5 Å². The van der Waals surface area contributed by atoms with Gasteiger partial charge in [0.2, 0.25) is 6.79 Å². The van der Waals surface area contributed by atoms with Crippen LogP contribution in [-0.4, -0.2) is 34.9 Å². The maximum atomic E-state index is 11.7. The third-order valence-electron chi connectivity index (χ3n) is 3.49. The molecule has 0 spiro atoms. The predicted molar refractivity (Wildman–Crippen MR) is 81.1 cm³/mol. The van der Waals surface area contributed by atoms with Gasteiger partial charge in [0, 0.05) is 5.56 Å². The first-order valence-corrected chi connectivity index (χ1v) is 7.22. The molecule has 1 N–H and O–H groups in total. The molecule has 3 rings (SSSR count). The van der Waals surface area contributed by atoms with Crippen molar-refractivity contribution < 1.29 is 24.1 Å². The molecular weight excluding hydrogens is 300 g/mol. The number of hydrogen-bond acceptors (Lipinski definition) is 6. The zero-order valence-electron chi connectivity index (χ0n) is 12.8. The number of carboxylic acids is 1. The number of methoxy groups -OCH3 is 1. The normalized spacial score (nSPS) is 12.3. The predicted octanol–water partition coefficient (Wildman–Crippen LogP) is 2.53. The maximum Gasteiger partial charge on any atom is 0.339 e. The fourth-order valence-corrected chi connectivity index (χ4v) is 2.47. The van der Waals surface area contributed by atoms with Gasteiger partial charge in [0.1, 0.15) is 5.56 Å². The van der Waals surface area contributed by atoms with E-state index in [-0.39, 0.29) is 18.4 Å². The van der Waals surface area contributed by atoms with E-state index in [1.54, 1.807) is 18.2 Å². The molecule has 2 heterocycles. The molecule has 0 saturated heterocycles. The summed E-state index contributed by atoms with van der Waals surface area (Å²) < 4.78 is 15.7. The summed E-state index contributed by atoms with van der Waals surface area (Å²) in [4.78, 5) is 20.2. The quantitative estimate of drug-likeness (QED) is 0.906. The lowest BCUT2D eigenvalue weighted by molar-refractivity contribution is 0.0695. The Labute approximate surface area is 132 Å². The van der Waals surface area contributed by atoms with Crippen molar-refractivity contribution in [1.29, 1.82) is 0 Å². The van der Waals surface area contributed by atoms with Crippen LogP contribution in [0.1, 0.15) is 29.4 Å². The number of aromatic carboxylic acids is 1. The fourth-order valence-electron chi connectivity index (χ4n) is 2.47. The molecular formula is C16H16N2O5. The Balaban J connectivity index is 2.20. The second-order valence-electron chi connectivity index (χ2n) is 5.00. The van der Waals surface area contributed by atoms with Crippen molar-refractivity contribution >= 4 is 5.97 Å². The van der Waals surface area contributed by atoms with E-state index in [1.807, 2.05) is 6.92 Å². The van der Waals surface area contributed by atoms with E-state index in [4.69, 9.17) is 14.2 Å². The van der Waals surface area contributed by atoms with Gasteiger partial charge >= 0.3 is 12.0 Å². The molecule has 0 amide bonds. The van der Waals surface area contributed by atoms with E-state index >= 15 is 0 Å². The number of nitrogens with zero attached hydrogens (tertiary/aromatic N) is 2. The SMILES string of the molecule is CCCc1nc(OC)nc(-c2ccc3c(c2)OCO3)c1C(=O)O. The van der Waals surface area contributed by atoms with Crippen LogP contribution < -0.4 is 14.2 Å². The summed E-state index contributed by atoms with van der Waals surface area (Å²) in [5.74, 6) is 0.123. The Morgan fingerprint density at radius 3 is 2.78 bits per heavy atom. The highest BCUT2D eigenvalue weighted by atomic mass is 16.7. The molecule has 0 aliphatic carbocycles. The van der Waals surface area contributed by atoms with Crippen LogP contribution in [0.25, 0.3) is 11.3 Å². The van der Waals surface area contributed by atoms with Crippen LogP contribution >= 0.6 is 0 Å². The Kier molecular flexibility index (Phi) is 4.01. The summed E-state index contributed by atoms with van der Waals surface area (Å²) >= 11 is 0. The van der Waals surface area contributed by atoms with E-state index in [9.17, 15) is 9.90 Å². The van der Waals surface area contributed by atoms with Crippen molar-refractivity contribution in [1.82, 2.24) is 9.97 Å². The first-order chi connectivity index (χ1) is 11.1. The molecule has 2 aromatic rings. The van der Waals surface area contributed by atoms with Crippen LogP contribution in [0.3, 0.4) is 0 Å². The van der Waals surface area contributed by atoms with Crippen molar-refractivity contribution in [2.45, 2.75) is 19.8 Å². The third kappa shape index (κ3) is 2.77. The van der Waals surface area contributed by atoms with Crippen LogP contribution in [0.4, 0.5) is 0 Å². The molecule has 0 radical (unpaired) electrons. The zero-order chi connectivity index (χ0) is 16.4. The Morgan fingerprint density at radius 1 is 1.30 bits per heavy atom. The molecule has 1 aliphatic heterocycles. The number of fused-ring (bicyclic) bond motifs is 1. The summed E-state index contributed by atoms with van der Waals surface area (Å²) in [6.45, 7) is 2.11. The Morgan fingerprint density at radius 2 is 2.09 bits per heavy atom. The van der Waals surface area contributed by atoms with Crippen LogP contribution in [0, 0.1) is 0 Å². The van der Waals surface area contributed by atoms with E-state index in [0.29, 0.717) is 34.9 Å². The molecule has 23 heavy (non-hydrogen) atoms. The number of aryl methyl sites for hydroxylation is 1. The van der Waals surface area contributed by atoms with Gasteiger partial charge < -0.3 is 19.3 Å². The van der Waals surface area contributed by atoms with E-state index in [2.05, 4.69) is 9.97 Å². The van der Waals surface area contributed by atoms with Crippen molar-refractivity contribution in [2.24, 2.45) is 0 Å². The summed E-state index contributed by atoms with van der Waals surface area (Å²) in [7, 11) is 1.45. The number of ether oxygens (including phenoxy) is 3. The molecule has 0 fully saturated rings. The number of aromatic nitrogens is 2. The highest BCUT2D eigenvalue weighted by Gasteiger charge is 2.23. The van der Waals surface area contributed by atoms with Gasteiger partial charge in [-0.2, -0.15) is 9.97 Å². The van der Waals surface area contributed by atoms with Crippen molar-refractivity contribution in [3.63, 3.8) is 0 Å². The molecule has 0 unspecified atom stereocenters. The number of rotatable bonds is 5. The monoisotopic (exact) mass is 316 g/mol. The number of hydrogen-bond donors (Lipinski definition) is 1. The molecule has 7 heteroatoms. The maximum absolute atomic E-state index is 11.7. The zero-order valence-corrected chi connectivity index (χ0v) is 12.8. The molecule has 120 valence electrons. The number of benzene rings is 1. The molecule has 7 nitrogen and oxygen atoms in total. The van der Waals surface area contributed by atoms with Gasteiger partial charge in [-0.1, -0.05) is 13.3 Å². The lowest BCUT2D eigenvalue weighted by Crippen LogP contribution is -2.11. The Bertz CT molecular complexity index is 760. The van der Waals surface area contributed by atoms with E-state index in [1.165, 1.54) is 7.11 Å². The number of carboxylic acid groups (broad SMARTS) is 1. The minimum atomic E-state index is -1.07. The second-order valence-corrected chi connectivity index (χ2v) is 5.00. The van der Waals surface area contributed by atoms with Gasteiger partial charge in [0.05, 0.1) is 18.5 Å². The lowest BCUT2D eigenvalue weighted by Gasteiger charge is -2.12. The van der Waals surface area contributed by atoms with E-state index < -0.39 is 5.97 Å². The number of carbonyl (C=O) groups is 1. The van der Waals surface area contributed by atoms with Crippen LogP contribution in [-0.2, 0) is 6.42 Å². The largest absolute Gasteiger partial charge is 0.478 e. The summed E-state index contributed by atoms with van der Waals surface area (Å²) in [6, 6.07) is 5.34. The minimum Gasteiger partial charge on any atom is -0.478 e. The first-order valence-electron chi connectivity index (χ1n) is 7.22. The molecule has 1 aliphatic rings. The van der Waals surface area contributed by atoms with Crippen molar-refractivity contribution in [3.8, 4) is 28.8 Å². The van der Waals surface area contributed by atoms with E-state index in [0.717, 1.165) is 6.42 Å². The van der Waals surface area contributed by atoms with Crippen LogP contribution in [0.2, 0.25) is 0 Å². The topological polar surface area (TPSA) is 90.8 Å². The first kappa shape index (κ1) is 15.1. The molecule has 0 bridgehead atoms. The van der Waals surface area contributed by atoms with Gasteiger partial charge in [0.25, 0.3) is 0 Å². The highest BCUT2D eigenvalue weighted by Crippen LogP contribution is 2.37. The van der Waals surface area contributed by atoms with Crippen molar-refractivity contribution in [2.75, 3.05) is 13.9 Å². The summed E-state index contributed by atoms with van der Waals surface area (Å²) in [5.41, 5.74) is 1.47. The standard InChI is InChI=1S/C16H16N2O5/c1-3-4-10-13(15(19)20)14(18-16(17-10)21-2)9-5-6-11-12(7-9)23-8-22-11/h5-7H,3-4,8H2,1-2H3,(H,19,20). The smallest absolute Gasteiger partial charge is 0.339 e. The fraction of sp³-hybridized carbons (Fsp3) is 0.312. The van der Waals surface area contributed by atoms with Gasteiger partial charge in [0.15, 0.2) is 11.5 Å². The average Bonchev–Trinajstić information content (AvgIpc) is 3.01. The summed E-state index contributed by atoms with van der Waals surface area (Å²) in [5, 5.41) is 9.61. The van der Waals surface area contributed by atoms with Gasteiger partial charge in [-0.25, -0.2) is 4.79 Å². The third-order valence-corrected chi connectivity index (χ3v) is 3.49. The van der Waals surface area contributed by atoms with Gasteiger partial charge in [-0.05, 0) is 24.6 Å². The Hall–Kier alpha value is -2.83. The lowest BCUT2D eigenvalue weighted by atomic mass is 10.0. The molecule has 0 atom stereocenters.